The lowest BCUT2D eigenvalue weighted by Crippen LogP contribution is -1.87. The van der Waals surface area contributed by atoms with Gasteiger partial charge in [0.2, 0.25) is 0 Å². The van der Waals surface area contributed by atoms with E-state index in [1.807, 2.05) is 0 Å². The average molecular weight is 515 g/mol. The second-order valence-electron chi connectivity index (χ2n) is 4.26. The van der Waals surface area contributed by atoms with E-state index in [-0.39, 0.29) is 5.56 Å². The number of hydrogen-bond acceptors (Lipinski definition) is 3. The smallest absolute Gasteiger partial charge is 0.168 e. The van der Waals surface area contributed by atoms with Gasteiger partial charge in [-0.1, -0.05) is 0 Å². The molecule has 0 spiro atoms. The van der Waals surface area contributed by atoms with Crippen LogP contribution in [-0.2, 0) is 0 Å². The minimum absolute atomic E-state index is 0.0146. The molecule has 0 aliphatic rings. The lowest BCUT2D eigenvalue weighted by Gasteiger charge is -2.02. The quantitative estimate of drug-likeness (QED) is 0.435. The molecule has 9 heteroatoms. The molecule has 3 nitrogen and oxygen atoms in total. The molecule has 0 unspecified atom stereocenters. The fourth-order valence-corrected chi connectivity index (χ4v) is 4.25. The second kappa shape index (κ2) is 6.03. The summed E-state index contributed by atoms with van der Waals surface area (Å²) < 4.78 is 29.1. The molecule has 0 radical (unpaired) electrons. The maximum absolute atomic E-state index is 13.4. The maximum Gasteiger partial charge on any atom is 0.168 e. The van der Waals surface area contributed by atoms with Crippen LogP contribution >= 0.6 is 59.1 Å². The van der Waals surface area contributed by atoms with E-state index in [0.29, 0.717) is 22.5 Å². The predicted molar refractivity (Wildman–Crippen MR) is 92.0 cm³/mol. The lowest BCUT2D eigenvalue weighted by molar-refractivity contribution is 0.430. The van der Waals surface area contributed by atoms with Crippen LogP contribution in [0.4, 0.5) is 8.78 Å². The monoisotopic (exact) mass is 512 g/mol. The Labute approximate surface area is 152 Å². The number of rotatable bonds is 2. The topological polar surface area (TPSA) is 48.9 Å². The summed E-state index contributed by atoms with van der Waals surface area (Å²) in [7, 11) is 0. The Bertz CT molecular complexity index is 879. The van der Waals surface area contributed by atoms with Gasteiger partial charge in [0.1, 0.15) is 10.8 Å². The van der Waals surface area contributed by atoms with Crippen LogP contribution in [0.2, 0.25) is 0 Å². The van der Waals surface area contributed by atoms with Crippen LogP contribution in [0, 0.1) is 11.6 Å². The van der Waals surface area contributed by atoms with Crippen molar-refractivity contribution in [3.63, 3.8) is 0 Å². The van der Waals surface area contributed by atoms with Crippen LogP contribution in [0.3, 0.4) is 0 Å². The number of phenols is 1. The fraction of sp³-hybridized carbons (Fsp3) is 0. The van der Waals surface area contributed by atoms with Gasteiger partial charge in [-0.2, -0.15) is 0 Å². The first-order valence-electron chi connectivity index (χ1n) is 5.75. The third-order valence-electron chi connectivity index (χ3n) is 2.86. The van der Waals surface area contributed by atoms with E-state index in [4.69, 9.17) is 0 Å². The lowest BCUT2D eigenvalue weighted by atomic mass is 10.1. The van der Waals surface area contributed by atoms with Crippen molar-refractivity contribution >= 4 is 59.1 Å². The predicted octanol–water partition coefficient (Wildman–Crippen LogP) is 6.08. The Hall–Kier alpha value is -0.770. The molecule has 22 heavy (non-hydrogen) atoms. The number of benzene rings is 1. The van der Waals surface area contributed by atoms with Gasteiger partial charge < -0.3 is 10.1 Å². The van der Waals surface area contributed by atoms with Crippen LogP contribution in [-0.4, -0.2) is 15.1 Å². The highest BCUT2D eigenvalue weighted by Gasteiger charge is 2.19. The van der Waals surface area contributed by atoms with Crippen molar-refractivity contribution in [2.75, 3.05) is 0 Å². The van der Waals surface area contributed by atoms with Crippen molar-refractivity contribution in [3.8, 4) is 27.7 Å². The number of nitrogens with one attached hydrogen (secondary N) is 1. The Morgan fingerprint density at radius 3 is 2.50 bits per heavy atom. The molecular formula is C13H5Br3F2N2OS. The van der Waals surface area contributed by atoms with E-state index in [0.717, 1.165) is 19.6 Å². The number of aromatic hydroxyl groups is 1. The summed E-state index contributed by atoms with van der Waals surface area (Å²) in [6.45, 7) is 0. The fourth-order valence-electron chi connectivity index (χ4n) is 1.85. The number of H-pyrrole nitrogens is 1. The van der Waals surface area contributed by atoms with Crippen LogP contribution in [0.25, 0.3) is 22.0 Å². The third-order valence-corrected chi connectivity index (χ3v) is 6.97. The summed E-state index contributed by atoms with van der Waals surface area (Å²) in [6.07, 6.45) is 0. The zero-order valence-corrected chi connectivity index (χ0v) is 16.0. The molecule has 114 valence electrons. The van der Waals surface area contributed by atoms with Crippen molar-refractivity contribution in [1.82, 2.24) is 9.97 Å². The van der Waals surface area contributed by atoms with Gasteiger partial charge in [-0.25, -0.2) is 13.8 Å². The number of hydrogen-bond donors (Lipinski definition) is 2. The highest BCUT2D eigenvalue weighted by Crippen LogP contribution is 2.41. The molecule has 2 heterocycles. The minimum atomic E-state index is -1.02. The molecule has 0 aliphatic heterocycles. The highest BCUT2D eigenvalue weighted by atomic mass is 79.9. The van der Waals surface area contributed by atoms with E-state index in [9.17, 15) is 13.9 Å². The van der Waals surface area contributed by atoms with Crippen LogP contribution in [0.5, 0.6) is 5.75 Å². The Balaban J connectivity index is 2.10. The molecule has 0 amide bonds. The zero-order valence-electron chi connectivity index (χ0n) is 10.4. The number of phenolic OH excluding ortho intramolecular Hbond substituents is 1. The number of thiazole rings is 1. The number of aromatic amines is 1. The first-order chi connectivity index (χ1) is 10.4. The molecule has 2 aromatic heterocycles. The van der Waals surface area contributed by atoms with E-state index >= 15 is 0 Å². The van der Waals surface area contributed by atoms with Crippen LogP contribution in [0.1, 0.15) is 0 Å². The Morgan fingerprint density at radius 1 is 1.14 bits per heavy atom. The van der Waals surface area contributed by atoms with E-state index in [1.54, 1.807) is 5.38 Å². The first kappa shape index (κ1) is 16.1. The SMILES string of the molecule is Oc1c(F)cc(F)cc1-c1csc(-c2[nH]c(Br)c(Br)c2Br)n1. The molecule has 3 aromatic rings. The second-order valence-corrected chi connectivity index (χ2v) is 7.50. The van der Waals surface area contributed by atoms with E-state index in [2.05, 4.69) is 57.8 Å². The summed E-state index contributed by atoms with van der Waals surface area (Å²) in [5.74, 6) is -2.41. The van der Waals surface area contributed by atoms with Gasteiger partial charge in [-0.15, -0.1) is 11.3 Å². The van der Waals surface area contributed by atoms with Gasteiger partial charge in [0, 0.05) is 17.0 Å². The summed E-state index contributed by atoms with van der Waals surface area (Å²) in [5, 5.41) is 12.0. The van der Waals surface area contributed by atoms with Crippen molar-refractivity contribution in [3.05, 3.63) is 42.7 Å². The van der Waals surface area contributed by atoms with Crippen molar-refractivity contribution in [2.45, 2.75) is 0 Å². The normalized spacial score (nSPS) is 11.1. The molecule has 1 aromatic carbocycles. The molecule has 0 aliphatic carbocycles. The molecule has 2 N–H and O–H groups in total. The van der Waals surface area contributed by atoms with Gasteiger partial charge in [-0.3, -0.25) is 0 Å². The van der Waals surface area contributed by atoms with Gasteiger partial charge in [0.05, 0.1) is 24.9 Å². The van der Waals surface area contributed by atoms with Crippen LogP contribution < -0.4 is 0 Å². The number of aromatic nitrogens is 2. The summed E-state index contributed by atoms with van der Waals surface area (Å²) in [5.41, 5.74) is 1.02. The summed E-state index contributed by atoms with van der Waals surface area (Å²) >= 11 is 11.5. The Kier molecular flexibility index (Phi) is 4.41. The van der Waals surface area contributed by atoms with Gasteiger partial charge in [0.25, 0.3) is 0 Å². The molecule has 0 saturated heterocycles. The number of halogens is 5. The molecule has 0 bridgehead atoms. The molecular weight excluding hydrogens is 510 g/mol. The van der Waals surface area contributed by atoms with E-state index in [1.165, 1.54) is 11.3 Å². The van der Waals surface area contributed by atoms with Crippen molar-refractivity contribution < 1.29 is 13.9 Å². The van der Waals surface area contributed by atoms with Gasteiger partial charge in [0.15, 0.2) is 11.6 Å². The van der Waals surface area contributed by atoms with Gasteiger partial charge >= 0.3 is 0 Å². The third kappa shape index (κ3) is 2.75. The van der Waals surface area contributed by atoms with Crippen LogP contribution in [0.15, 0.2) is 31.1 Å². The molecule has 0 saturated carbocycles. The molecule has 3 rings (SSSR count). The molecule has 0 atom stereocenters. The average Bonchev–Trinajstić information content (AvgIpc) is 3.04. The number of nitrogens with zero attached hydrogens (tertiary/aromatic N) is 1. The standard InChI is InChI=1S/C13H5Br3F2N2OS/c14-8-9(15)12(16)20-10(8)13-19-7(3-22-13)5-1-4(17)2-6(18)11(5)21/h1-3,20-21H. The Morgan fingerprint density at radius 2 is 1.86 bits per heavy atom. The summed E-state index contributed by atoms with van der Waals surface area (Å²) in [6, 6.07) is 1.68. The first-order valence-corrected chi connectivity index (χ1v) is 9.01. The van der Waals surface area contributed by atoms with Crippen molar-refractivity contribution in [1.29, 1.82) is 0 Å². The molecule has 0 fully saturated rings. The largest absolute Gasteiger partial charge is 0.504 e. The van der Waals surface area contributed by atoms with E-state index < -0.39 is 17.4 Å². The minimum Gasteiger partial charge on any atom is -0.504 e. The highest BCUT2D eigenvalue weighted by molar-refractivity contribution is 9.14. The maximum atomic E-state index is 13.4. The van der Waals surface area contributed by atoms with Crippen molar-refractivity contribution in [2.24, 2.45) is 0 Å². The zero-order chi connectivity index (χ0) is 16.0. The summed E-state index contributed by atoms with van der Waals surface area (Å²) in [4.78, 5) is 7.42. The van der Waals surface area contributed by atoms with Gasteiger partial charge in [-0.05, 0) is 53.9 Å².